The van der Waals surface area contributed by atoms with Gasteiger partial charge in [-0.3, -0.25) is 9.36 Å². The summed E-state index contributed by atoms with van der Waals surface area (Å²) in [6, 6.07) is 9.49. The molecule has 0 atom stereocenters. The molecule has 0 saturated carbocycles. The Bertz CT molecular complexity index is 646. The summed E-state index contributed by atoms with van der Waals surface area (Å²) >= 11 is 0. The number of rotatable bonds is 3. The lowest BCUT2D eigenvalue weighted by Crippen LogP contribution is -2.16. The van der Waals surface area contributed by atoms with Crippen LogP contribution in [-0.2, 0) is 0 Å². The zero-order valence-corrected chi connectivity index (χ0v) is 9.98. The van der Waals surface area contributed by atoms with Crippen LogP contribution in [0.4, 0.5) is 10.1 Å². The number of anilines is 1. The molecule has 3 nitrogen and oxygen atoms in total. The van der Waals surface area contributed by atoms with Gasteiger partial charge in [-0.2, -0.15) is 0 Å². The summed E-state index contributed by atoms with van der Waals surface area (Å²) in [6.45, 7) is 5.58. The predicted octanol–water partition coefficient (Wildman–Crippen LogP) is 2.92. The lowest BCUT2D eigenvalue weighted by molar-refractivity contribution is 0.613. The van der Waals surface area contributed by atoms with Crippen molar-refractivity contribution in [1.29, 1.82) is 0 Å². The van der Waals surface area contributed by atoms with E-state index in [0.29, 0.717) is 5.69 Å². The van der Waals surface area contributed by atoms with Crippen molar-refractivity contribution in [2.45, 2.75) is 6.92 Å². The van der Waals surface area contributed by atoms with E-state index in [1.54, 1.807) is 18.2 Å². The Balaban J connectivity index is 2.47. The molecule has 1 aromatic carbocycles. The summed E-state index contributed by atoms with van der Waals surface area (Å²) in [7, 11) is 0. The van der Waals surface area contributed by atoms with Crippen LogP contribution >= 0.6 is 0 Å². The fraction of sp³-hybridized carbons (Fsp3) is 0.0714. The molecule has 1 aromatic heterocycles. The van der Waals surface area contributed by atoms with Crippen LogP contribution in [0.15, 0.2) is 59.7 Å². The number of hydrogen-bond acceptors (Lipinski definition) is 2. The molecule has 0 aliphatic heterocycles. The topological polar surface area (TPSA) is 34.0 Å². The van der Waals surface area contributed by atoms with E-state index in [1.165, 1.54) is 16.8 Å². The Kier molecular flexibility index (Phi) is 3.28. The number of halogens is 1. The molecule has 0 amide bonds. The van der Waals surface area contributed by atoms with Crippen LogP contribution in [0.25, 0.3) is 5.69 Å². The molecular weight excluding hydrogens is 231 g/mol. The lowest BCUT2D eigenvalue weighted by Gasteiger charge is -2.09. The first kappa shape index (κ1) is 12.1. The molecule has 0 fully saturated rings. The third kappa shape index (κ3) is 2.66. The van der Waals surface area contributed by atoms with E-state index >= 15 is 0 Å². The first-order valence-corrected chi connectivity index (χ1v) is 5.47. The van der Waals surface area contributed by atoms with Gasteiger partial charge in [-0.05, 0) is 31.2 Å². The van der Waals surface area contributed by atoms with Gasteiger partial charge < -0.3 is 5.32 Å². The molecule has 1 N–H and O–H groups in total. The van der Waals surface area contributed by atoms with Crippen molar-refractivity contribution in [3.8, 4) is 5.69 Å². The van der Waals surface area contributed by atoms with Crippen LogP contribution in [0.3, 0.4) is 0 Å². The first-order chi connectivity index (χ1) is 8.56. The molecule has 0 unspecified atom stereocenters. The van der Waals surface area contributed by atoms with E-state index in [1.807, 2.05) is 13.0 Å². The van der Waals surface area contributed by atoms with E-state index < -0.39 is 5.82 Å². The Morgan fingerprint density at radius 3 is 2.83 bits per heavy atom. The van der Waals surface area contributed by atoms with Crippen molar-refractivity contribution in [2.24, 2.45) is 0 Å². The molecule has 2 aromatic rings. The number of benzene rings is 1. The van der Waals surface area contributed by atoms with E-state index in [0.717, 1.165) is 17.5 Å². The second kappa shape index (κ2) is 4.87. The predicted molar refractivity (Wildman–Crippen MR) is 70.4 cm³/mol. The number of pyridine rings is 1. The molecule has 1 heterocycles. The monoisotopic (exact) mass is 244 g/mol. The van der Waals surface area contributed by atoms with Gasteiger partial charge in [-0.15, -0.1) is 0 Å². The highest BCUT2D eigenvalue weighted by atomic mass is 19.1. The van der Waals surface area contributed by atoms with Crippen molar-refractivity contribution in [3.63, 3.8) is 0 Å². The van der Waals surface area contributed by atoms with Crippen molar-refractivity contribution in [1.82, 2.24) is 4.57 Å². The molecule has 2 rings (SSSR count). The number of aromatic nitrogens is 1. The summed E-state index contributed by atoms with van der Waals surface area (Å²) in [6.07, 6.45) is 1.17. The van der Waals surface area contributed by atoms with Crippen LogP contribution < -0.4 is 10.9 Å². The smallest absolute Gasteiger partial charge is 0.255 e. The number of nitrogens with zero attached hydrogens (tertiary/aromatic N) is 1. The van der Waals surface area contributed by atoms with Crippen molar-refractivity contribution in [2.75, 3.05) is 5.32 Å². The zero-order valence-electron chi connectivity index (χ0n) is 9.98. The third-order valence-corrected chi connectivity index (χ3v) is 2.36. The molecule has 0 bridgehead atoms. The summed E-state index contributed by atoms with van der Waals surface area (Å²) in [5, 5.41) is 3.05. The second-order valence-corrected chi connectivity index (χ2v) is 4.01. The minimum atomic E-state index is -0.451. The maximum atomic E-state index is 13.2. The van der Waals surface area contributed by atoms with Crippen LogP contribution in [0.2, 0.25) is 0 Å². The maximum absolute atomic E-state index is 13.2. The van der Waals surface area contributed by atoms with Gasteiger partial charge in [0.15, 0.2) is 0 Å². The van der Waals surface area contributed by atoms with E-state index in [2.05, 4.69) is 11.9 Å². The molecule has 18 heavy (non-hydrogen) atoms. The Labute approximate surface area is 104 Å². The second-order valence-electron chi connectivity index (χ2n) is 4.01. The van der Waals surface area contributed by atoms with Crippen molar-refractivity contribution in [3.05, 3.63) is 71.0 Å². The van der Waals surface area contributed by atoms with Crippen LogP contribution in [-0.4, -0.2) is 4.57 Å². The molecule has 0 radical (unpaired) electrons. The van der Waals surface area contributed by atoms with Crippen molar-refractivity contribution < 1.29 is 4.39 Å². The van der Waals surface area contributed by atoms with Gasteiger partial charge in [-0.1, -0.05) is 12.6 Å². The fourth-order valence-electron chi connectivity index (χ4n) is 1.64. The summed E-state index contributed by atoms with van der Waals surface area (Å²) in [4.78, 5) is 11.7. The quantitative estimate of drug-likeness (QED) is 0.900. The summed E-state index contributed by atoms with van der Waals surface area (Å²) in [5.74, 6) is -0.451. The fourth-order valence-corrected chi connectivity index (χ4v) is 1.64. The van der Waals surface area contributed by atoms with E-state index in [4.69, 9.17) is 0 Å². The minimum absolute atomic E-state index is 0.274. The molecular formula is C14H13FN2O. The van der Waals surface area contributed by atoms with Gasteiger partial charge in [0.05, 0.1) is 5.69 Å². The van der Waals surface area contributed by atoms with Gasteiger partial charge in [0.25, 0.3) is 5.56 Å². The zero-order chi connectivity index (χ0) is 13.1. The molecule has 4 heteroatoms. The van der Waals surface area contributed by atoms with E-state index in [9.17, 15) is 9.18 Å². The Hall–Kier alpha value is -2.36. The van der Waals surface area contributed by atoms with Gasteiger partial charge in [-0.25, -0.2) is 4.39 Å². The highest BCUT2D eigenvalue weighted by Gasteiger charge is 2.02. The summed E-state index contributed by atoms with van der Waals surface area (Å²) in [5.41, 5.74) is 1.92. The normalized spacial score (nSPS) is 10.1. The van der Waals surface area contributed by atoms with Gasteiger partial charge in [0, 0.05) is 23.6 Å². The Morgan fingerprint density at radius 1 is 1.33 bits per heavy atom. The largest absolute Gasteiger partial charge is 0.360 e. The molecule has 0 aliphatic rings. The maximum Gasteiger partial charge on any atom is 0.255 e. The average molecular weight is 244 g/mol. The SMILES string of the molecule is C=C(C)Nc1cccc(-n2cc(F)ccc2=O)c1. The van der Waals surface area contributed by atoms with Crippen LogP contribution in [0.5, 0.6) is 0 Å². The average Bonchev–Trinajstić information content (AvgIpc) is 2.32. The molecule has 0 spiro atoms. The van der Waals surface area contributed by atoms with Gasteiger partial charge >= 0.3 is 0 Å². The van der Waals surface area contributed by atoms with Crippen LogP contribution in [0, 0.1) is 5.82 Å². The van der Waals surface area contributed by atoms with Crippen LogP contribution in [0.1, 0.15) is 6.92 Å². The third-order valence-electron chi connectivity index (χ3n) is 2.36. The Morgan fingerprint density at radius 2 is 2.11 bits per heavy atom. The first-order valence-electron chi connectivity index (χ1n) is 5.47. The number of hydrogen-bond donors (Lipinski definition) is 1. The summed E-state index contributed by atoms with van der Waals surface area (Å²) < 4.78 is 14.4. The molecule has 0 aliphatic carbocycles. The highest BCUT2D eigenvalue weighted by molar-refractivity contribution is 5.53. The van der Waals surface area contributed by atoms with Gasteiger partial charge in [0.1, 0.15) is 5.82 Å². The van der Waals surface area contributed by atoms with Gasteiger partial charge in [0.2, 0.25) is 0 Å². The number of allylic oxidation sites excluding steroid dienone is 1. The van der Waals surface area contributed by atoms with Crippen molar-refractivity contribution >= 4 is 5.69 Å². The molecule has 0 saturated heterocycles. The minimum Gasteiger partial charge on any atom is -0.360 e. The number of nitrogens with one attached hydrogen (secondary N) is 1. The standard InChI is InChI=1S/C14H13FN2O/c1-10(2)16-12-4-3-5-13(8-12)17-9-11(15)6-7-14(17)18/h3-9,16H,1H2,2H3. The lowest BCUT2D eigenvalue weighted by atomic mass is 10.2. The highest BCUT2D eigenvalue weighted by Crippen LogP contribution is 2.15. The van der Waals surface area contributed by atoms with E-state index in [-0.39, 0.29) is 5.56 Å². The molecule has 92 valence electrons.